The number of likely N-dealkylation sites (N-methyl/N-ethyl adjacent to an activating group) is 1. The molecule has 0 saturated carbocycles. The zero-order chi connectivity index (χ0) is 86.1. The molecule has 704 valence electrons. The highest BCUT2D eigenvalue weighted by Gasteiger charge is 2.45. The molecule has 1 unspecified atom stereocenters. The average Bonchev–Trinajstić information content (AvgIpc) is 0.817. The van der Waals surface area contributed by atoms with Gasteiger partial charge in [-0.05, 0) is 25.7 Å². The molecule has 119 heavy (non-hydrogen) atoms. The lowest BCUT2D eigenvalue weighted by molar-refractivity contribution is -0.157. The molecule has 0 aromatic heterocycles. The maximum absolute atomic E-state index is 13.6. The third kappa shape index (κ3) is 88.5. The molecule has 0 radical (unpaired) electrons. The number of amides is 4. The number of hydrogen-bond donors (Lipinski definition) is 5. The Hall–Kier alpha value is -4.14. The summed E-state index contributed by atoms with van der Waals surface area (Å²) in [6.07, 6.45) is 19.3. The summed E-state index contributed by atoms with van der Waals surface area (Å²) in [7, 11) is 1.51. The predicted octanol–water partition coefficient (Wildman–Crippen LogP) is 5.58. The fraction of sp³-hybridized carbons (Fsp3) is 0.928. The number of carboxylic acids is 2. The number of rotatable bonds is 105. The number of unbranched alkanes of at least 4 members (excludes halogenated alkanes) is 15. The molecule has 5 N–H and O–H groups in total. The molecule has 0 heterocycles. The van der Waals surface area contributed by atoms with Crippen LogP contribution in [0.2, 0.25) is 0 Å². The third-order valence-corrected chi connectivity index (χ3v) is 17.6. The lowest BCUT2D eigenvalue weighted by Gasteiger charge is -2.28. The van der Waals surface area contributed by atoms with Gasteiger partial charge in [-0.1, -0.05) is 110 Å². The second kappa shape index (κ2) is 97.7. The molecule has 0 aliphatic rings. The summed E-state index contributed by atoms with van der Waals surface area (Å²) in [6.45, 7) is 24.2. The van der Waals surface area contributed by atoms with E-state index in [2.05, 4.69) is 22.9 Å². The van der Waals surface area contributed by atoms with E-state index in [-0.39, 0.29) is 51.0 Å². The number of aliphatic carboxylic acids is 2. The normalized spacial score (nSPS) is 12.1. The van der Waals surface area contributed by atoms with Crippen LogP contribution in [0.5, 0.6) is 0 Å². The second-order valence-electron chi connectivity index (χ2n) is 27.3. The molecule has 0 aromatic carbocycles. The van der Waals surface area contributed by atoms with E-state index in [0.29, 0.717) is 362 Å². The molecule has 0 aliphatic heterocycles. The first kappa shape index (κ1) is 115. The van der Waals surface area contributed by atoms with E-state index in [1.807, 2.05) is 0 Å². The van der Waals surface area contributed by atoms with E-state index < -0.39 is 23.3 Å². The van der Waals surface area contributed by atoms with E-state index >= 15 is 0 Å². The Morgan fingerprint density at radius 3 is 0.748 bits per heavy atom. The minimum Gasteiger partial charge on any atom is -0.481 e. The molecule has 0 spiro atoms. The van der Waals surface area contributed by atoms with Crippen LogP contribution in [0.4, 0.5) is 0 Å². The third-order valence-electron chi connectivity index (χ3n) is 17.6. The SMILES string of the molecule is CCCCCCCCCCCC(CCCCCCCCCCC(=O)O)(C(=O)O)C(=O)NCCOCCOCCOCCOCCOCCOCCOCCOCCOCCOCCOCCOCCOCCOCCOCCOCCOCCOCCOCCOCCOCCOCCOCCOCCC(=O)NCCCN(C=O)CC(=O)NC. The lowest BCUT2D eigenvalue weighted by atomic mass is 9.76. The van der Waals surface area contributed by atoms with Crippen LogP contribution >= 0.6 is 0 Å². The van der Waals surface area contributed by atoms with E-state index in [0.717, 1.165) is 57.8 Å². The Bertz CT molecular complexity index is 2150. The highest BCUT2D eigenvalue weighted by Crippen LogP contribution is 2.33. The van der Waals surface area contributed by atoms with Gasteiger partial charge in [0.15, 0.2) is 0 Å². The van der Waals surface area contributed by atoms with Gasteiger partial charge in [-0.15, -0.1) is 0 Å². The first-order valence-electron chi connectivity index (χ1n) is 43.9. The molecule has 1 atom stereocenters. The topological polar surface area (TPSA) is 404 Å². The van der Waals surface area contributed by atoms with Gasteiger partial charge in [0, 0.05) is 39.5 Å². The van der Waals surface area contributed by atoms with Gasteiger partial charge < -0.3 is 145 Å². The molecule has 36 heteroatoms. The largest absolute Gasteiger partial charge is 0.481 e. The molecular weight excluding hydrogens is 1560 g/mol. The zero-order valence-corrected chi connectivity index (χ0v) is 73.0. The Morgan fingerprint density at radius 1 is 0.277 bits per heavy atom. The minimum atomic E-state index is -1.46. The van der Waals surface area contributed by atoms with Crippen molar-refractivity contribution in [2.45, 2.75) is 148 Å². The quantitative estimate of drug-likeness (QED) is 0.0282. The highest BCUT2D eigenvalue weighted by atomic mass is 16.6. The summed E-state index contributed by atoms with van der Waals surface area (Å²) in [4.78, 5) is 72.8. The predicted molar refractivity (Wildman–Crippen MR) is 442 cm³/mol. The van der Waals surface area contributed by atoms with E-state index in [4.69, 9.17) is 119 Å². The molecule has 36 nitrogen and oxygen atoms in total. The van der Waals surface area contributed by atoms with Gasteiger partial charge >= 0.3 is 11.9 Å². The van der Waals surface area contributed by atoms with Crippen molar-refractivity contribution in [1.29, 1.82) is 0 Å². The molecule has 0 saturated heterocycles. The number of carbonyl (C=O) groups excluding carboxylic acids is 4. The Morgan fingerprint density at radius 2 is 0.513 bits per heavy atom. The summed E-state index contributed by atoms with van der Waals surface area (Å²) in [5, 5.41) is 27.4. The van der Waals surface area contributed by atoms with Crippen molar-refractivity contribution in [3.63, 3.8) is 0 Å². The number of hydrogen-bond acceptors (Lipinski definition) is 30. The summed E-state index contributed by atoms with van der Waals surface area (Å²) >= 11 is 0. The number of carbonyl (C=O) groups is 6. The molecular formula is C83H160N4O32. The first-order chi connectivity index (χ1) is 58.6. The van der Waals surface area contributed by atoms with Gasteiger partial charge in [0.05, 0.1) is 324 Å². The van der Waals surface area contributed by atoms with Crippen LogP contribution in [0.3, 0.4) is 0 Å². The minimum absolute atomic E-state index is 0.00938. The van der Waals surface area contributed by atoms with Gasteiger partial charge in [-0.3, -0.25) is 28.8 Å². The van der Waals surface area contributed by atoms with Crippen LogP contribution in [-0.4, -0.2) is 402 Å². The zero-order valence-electron chi connectivity index (χ0n) is 73.0. The molecule has 0 aliphatic carbocycles. The van der Waals surface area contributed by atoms with Crippen molar-refractivity contribution < 1.29 is 153 Å². The molecule has 0 aromatic rings. The Balaban J connectivity index is 3.38. The molecule has 0 bridgehead atoms. The monoisotopic (exact) mass is 1730 g/mol. The van der Waals surface area contributed by atoms with Gasteiger partial charge in [0.2, 0.25) is 24.1 Å². The maximum atomic E-state index is 13.6. The molecule has 0 fully saturated rings. The molecule has 0 rings (SSSR count). The fourth-order valence-electron chi connectivity index (χ4n) is 10.9. The van der Waals surface area contributed by atoms with Gasteiger partial charge in [0.1, 0.15) is 5.41 Å². The summed E-state index contributed by atoms with van der Waals surface area (Å²) in [5.74, 6) is -2.64. The van der Waals surface area contributed by atoms with Crippen LogP contribution in [-0.2, 0) is 142 Å². The smallest absolute Gasteiger partial charge is 0.319 e. The lowest BCUT2D eigenvalue weighted by Crippen LogP contribution is -2.47. The average molecular weight is 1730 g/mol. The number of nitrogens with zero attached hydrogens (tertiary/aromatic N) is 1. The van der Waals surface area contributed by atoms with Gasteiger partial charge in [-0.25, -0.2) is 0 Å². The van der Waals surface area contributed by atoms with Crippen molar-refractivity contribution in [3.05, 3.63) is 0 Å². The van der Waals surface area contributed by atoms with E-state index in [1.54, 1.807) is 0 Å². The van der Waals surface area contributed by atoms with E-state index in [1.165, 1.54) is 44.1 Å². The first-order valence-corrected chi connectivity index (χ1v) is 43.9. The standard InChI is InChI=1S/C83H160N4O32/c1-3-4-5-6-7-9-12-15-18-23-83(82(94)95,24-19-16-13-10-8-11-14-17-21-80(91)92)81(93)86-26-29-97-31-33-99-35-37-101-39-41-103-43-45-105-47-49-107-51-53-109-55-57-111-59-61-113-63-65-115-67-69-117-71-73-119-75-74-118-72-70-116-68-66-114-64-62-112-60-58-110-56-54-108-52-50-106-48-46-104-44-42-102-40-38-100-36-34-98-32-30-96-28-22-78(89)85-25-20-27-87(77-88)76-79(90)84-2/h77H,3-76H2,1-2H3,(H,84,90)(H,85,89)(H,86,93)(H,91,92)(H,94,95). The van der Waals surface area contributed by atoms with Crippen LogP contribution in [0.25, 0.3) is 0 Å². The number of nitrogens with one attached hydrogen (secondary N) is 3. The van der Waals surface area contributed by atoms with Crippen molar-refractivity contribution in [2.75, 3.05) is 350 Å². The molecule has 4 amide bonds. The number of carboxylic acid groups (broad SMARTS) is 2. The Labute approximate surface area is 710 Å². The summed E-state index contributed by atoms with van der Waals surface area (Å²) < 4.78 is 133. The van der Waals surface area contributed by atoms with Crippen LogP contribution in [0.15, 0.2) is 0 Å². The van der Waals surface area contributed by atoms with Crippen molar-refractivity contribution in [2.24, 2.45) is 5.41 Å². The number of ether oxygens (including phenoxy) is 24. The fourth-order valence-corrected chi connectivity index (χ4v) is 10.9. The Kier molecular flexibility index (Phi) is 94.3. The van der Waals surface area contributed by atoms with Gasteiger partial charge in [0.25, 0.3) is 0 Å². The summed E-state index contributed by atoms with van der Waals surface area (Å²) in [6, 6.07) is 0. The van der Waals surface area contributed by atoms with Gasteiger partial charge in [-0.2, -0.15) is 0 Å². The highest BCUT2D eigenvalue weighted by molar-refractivity contribution is 6.01. The van der Waals surface area contributed by atoms with E-state index in [9.17, 15) is 33.9 Å². The van der Waals surface area contributed by atoms with Crippen LogP contribution in [0.1, 0.15) is 148 Å². The van der Waals surface area contributed by atoms with Crippen molar-refractivity contribution in [1.82, 2.24) is 20.9 Å². The van der Waals surface area contributed by atoms with Crippen LogP contribution < -0.4 is 16.0 Å². The summed E-state index contributed by atoms with van der Waals surface area (Å²) in [5.41, 5.74) is -1.46. The van der Waals surface area contributed by atoms with Crippen LogP contribution in [0, 0.1) is 5.41 Å². The maximum Gasteiger partial charge on any atom is 0.319 e. The van der Waals surface area contributed by atoms with Crippen molar-refractivity contribution >= 4 is 36.1 Å². The van der Waals surface area contributed by atoms with Crippen molar-refractivity contribution in [3.8, 4) is 0 Å². The second-order valence-corrected chi connectivity index (χ2v) is 27.3.